The highest BCUT2D eigenvalue weighted by molar-refractivity contribution is 5.92. The van der Waals surface area contributed by atoms with Gasteiger partial charge in [0.25, 0.3) is 0 Å². The Kier molecular flexibility index (Phi) is 4.67. The van der Waals surface area contributed by atoms with Crippen molar-refractivity contribution in [1.82, 2.24) is 5.43 Å². The molecule has 0 atom stereocenters. The maximum absolute atomic E-state index is 11.7. The average molecular weight is 304 g/mol. The van der Waals surface area contributed by atoms with Crippen molar-refractivity contribution < 1.29 is 23.8 Å². The minimum Gasteiger partial charge on any atom is -0.502 e. The fraction of sp³-hybridized carbons (Fsp3) is 0.200. The van der Waals surface area contributed by atoms with Crippen LogP contribution >= 0.6 is 0 Å². The first kappa shape index (κ1) is 15.4. The van der Waals surface area contributed by atoms with Crippen LogP contribution in [0, 0.1) is 6.92 Å². The number of aromatic hydroxyl groups is 1. The van der Waals surface area contributed by atoms with Gasteiger partial charge >= 0.3 is 5.91 Å². The molecule has 0 fully saturated rings. The summed E-state index contributed by atoms with van der Waals surface area (Å²) in [5, 5.41) is 13.6. The molecule has 1 heterocycles. The van der Waals surface area contributed by atoms with Gasteiger partial charge in [0.05, 0.1) is 20.4 Å². The zero-order chi connectivity index (χ0) is 16.1. The number of hydrogen-bond acceptors (Lipinski definition) is 6. The first-order chi connectivity index (χ1) is 10.5. The van der Waals surface area contributed by atoms with E-state index >= 15 is 0 Å². The molecule has 0 aliphatic carbocycles. The molecule has 0 saturated heterocycles. The molecular formula is C15H16N2O5. The maximum Gasteiger partial charge on any atom is 0.307 e. The number of hydrogen-bond donors (Lipinski definition) is 2. The number of carbonyl (C=O) groups excluding carboxylic acids is 1. The lowest BCUT2D eigenvalue weighted by atomic mass is 10.2. The fourth-order valence-corrected chi connectivity index (χ4v) is 1.77. The lowest BCUT2D eigenvalue weighted by Gasteiger charge is -2.09. The summed E-state index contributed by atoms with van der Waals surface area (Å²) in [6.45, 7) is 1.75. The van der Waals surface area contributed by atoms with E-state index in [0.29, 0.717) is 11.3 Å². The van der Waals surface area contributed by atoms with Crippen molar-refractivity contribution >= 4 is 12.1 Å². The number of ether oxygens (including phenoxy) is 2. The van der Waals surface area contributed by atoms with Crippen LogP contribution in [0.3, 0.4) is 0 Å². The lowest BCUT2D eigenvalue weighted by molar-refractivity contribution is 0.0926. The Balaban J connectivity index is 2.11. The minimum atomic E-state index is -0.456. The molecule has 22 heavy (non-hydrogen) atoms. The first-order valence-electron chi connectivity index (χ1n) is 6.40. The number of rotatable bonds is 5. The topological polar surface area (TPSA) is 93.3 Å². The van der Waals surface area contributed by atoms with Crippen LogP contribution in [-0.4, -0.2) is 31.4 Å². The van der Waals surface area contributed by atoms with Gasteiger partial charge in [0.2, 0.25) is 5.75 Å². The van der Waals surface area contributed by atoms with E-state index in [9.17, 15) is 9.90 Å². The Bertz CT molecular complexity index is 681. The number of amides is 1. The van der Waals surface area contributed by atoms with Crippen LogP contribution in [0.25, 0.3) is 0 Å². The van der Waals surface area contributed by atoms with E-state index in [1.54, 1.807) is 31.2 Å². The van der Waals surface area contributed by atoms with Crippen LogP contribution in [0.2, 0.25) is 0 Å². The van der Waals surface area contributed by atoms with Gasteiger partial charge in [-0.25, -0.2) is 5.43 Å². The van der Waals surface area contributed by atoms with Crippen LogP contribution in [0.15, 0.2) is 33.8 Å². The normalized spacial score (nSPS) is 10.7. The van der Waals surface area contributed by atoms with Gasteiger partial charge in [-0.2, -0.15) is 5.10 Å². The summed E-state index contributed by atoms with van der Waals surface area (Å²) in [4.78, 5) is 11.7. The van der Waals surface area contributed by atoms with Crippen molar-refractivity contribution in [2.45, 2.75) is 6.92 Å². The molecule has 7 nitrogen and oxygen atoms in total. The van der Waals surface area contributed by atoms with Crippen LogP contribution in [-0.2, 0) is 0 Å². The molecule has 0 aliphatic rings. The summed E-state index contributed by atoms with van der Waals surface area (Å²) >= 11 is 0. The third-order valence-corrected chi connectivity index (χ3v) is 2.85. The fourth-order valence-electron chi connectivity index (χ4n) is 1.77. The van der Waals surface area contributed by atoms with Gasteiger partial charge in [0.15, 0.2) is 17.3 Å². The van der Waals surface area contributed by atoms with Crippen LogP contribution in [0.4, 0.5) is 0 Å². The second-order valence-electron chi connectivity index (χ2n) is 4.38. The highest BCUT2D eigenvalue weighted by Crippen LogP contribution is 2.36. The van der Waals surface area contributed by atoms with Crippen molar-refractivity contribution in [3.05, 3.63) is 41.3 Å². The van der Waals surface area contributed by atoms with Gasteiger partial charge in [0, 0.05) is 5.56 Å². The standard InChI is InChI=1S/C15H16N2O5/c1-9-4-5-11(22-9)15(19)17-16-8-10-6-12(20-2)14(18)13(7-10)21-3/h4-8,18H,1-3H3,(H,17,19). The van der Waals surface area contributed by atoms with E-state index in [1.807, 2.05) is 0 Å². The highest BCUT2D eigenvalue weighted by atomic mass is 16.5. The summed E-state index contributed by atoms with van der Waals surface area (Å²) < 4.78 is 15.2. The summed E-state index contributed by atoms with van der Waals surface area (Å²) in [7, 11) is 2.85. The SMILES string of the molecule is COc1cc(C=NNC(=O)c2ccc(C)o2)cc(OC)c1O. The van der Waals surface area contributed by atoms with Gasteiger partial charge in [-0.3, -0.25) is 4.79 Å². The average Bonchev–Trinajstić information content (AvgIpc) is 2.95. The van der Waals surface area contributed by atoms with E-state index in [2.05, 4.69) is 10.5 Å². The van der Waals surface area contributed by atoms with E-state index in [1.165, 1.54) is 20.4 Å². The Labute approximate surface area is 127 Å². The lowest BCUT2D eigenvalue weighted by Crippen LogP contribution is -2.16. The predicted molar refractivity (Wildman–Crippen MR) is 79.7 cm³/mol. The summed E-state index contributed by atoms with van der Waals surface area (Å²) in [6, 6.07) is 6.37. The third kappa shape index (κ3) is 3.38. The van der Waals surface area contributed by atoms with Crippen molar-refractivity contribution in [3.63, 3.8) is 0 Å². The van der Waals surface area contributed by atoms with E-state index < -0.39 is 5.91 Å². The number of hydrazone groups is 1. The molecule has 7 heteroatoms. The monoisotopic (exact) mass is 304 g/mol. The molecule has 116 valence electrons. The van der Waals surface area contributed by atoms with Gasteiger partial charge in [0.1, 0.15) is 5.76 Å². The van der Waals surface area contributed by atoms with E-state index in [4.69, 9.17) is 13.9 Å². The van der Waals surface area contributed by atoms with Crippen LogP contribution in [0.1, 0.15) is 21.9 Å². The summed E-state index contributed by atoms with van der Waals surface area (Å²) in [6.07, 6.45) is 1.40. The van der Waals surface area contributed by atoms with Gasteiger partial charge in [-0.1, -0.05) is 0 Å². The van der Waals surface area contributed by atoms with Crippen molar-refractivity contribution in [2.24, 2.45) is 5.10 Å². The van der Waals surface area contributed by atoms with E-state index in [-0.39, 0.29) is 23.0 Å². The highest BCUT2D eigenvalue weighted by Gasteiger charge is 2.11. The smallest absolute Gasteiger partial charge is 0.307 e. The number of furan rings is 1. The zero-order valence-corrected chi connectivity index (χ0v) is 12.4. The zero-order valence-electron chi connectivity index (χ0n) is 12.4. The number of nitrogens with zero attached hydrogens (tertiary/aromatic N) is 1. The number of aryl methyl sites for hydroxylation is 1. The van der Waals surface area contributed by atoms with Crippen molar-refractivity contribution in [1.29, 1.82) is 0 Å². The molecule has 2 aromatic rings. The molecule has 2 N–H and O–H groups in total. The molecule has 0 spiro atoms. The van der Waals surface area contributed by atoms with Crippen molar-refractivity contribution in [2.75, 3.05) is 14.2 Å². The quantitative estimate of drug-likeness (QED) is 0.651. The summed E-state index contributed by atoms with van der Waals surface area (Å²) in [5.74, 6) is 0.750. The Morgan fingerprint density at radius 1 is 1.27 bits per heavy atom. The van der Waals surface area contributed by atoms with Gasteiger partial charge in [-0.05, 0) is 31.2 Å². The van der Waals surface area contributed by atoms with Gasteiger partial charge in [-0.15, -0.1) is 0 Å². The number of carbonyl (C=O) groups is 1. The number of phenols is 1. The number of nitrogens with one attached hydrogen (secondary N) is 1. The molecule has 1 aromatic carbocycles. The largest absolute Gasteiger partial charge is 0.502 e. The molecule has 0 radical (unpaired) electrons. The summed E-state index contributed by atoms with van der Waals surface area (Å²) in [5.41, 5.74) is 2.93. The third-order valence-electron chi connectivity index (χ3n) is 2.85. The molecular weight excluding hydrogens is 288 g/mol. The Hall–Kier alpha value is -2.96. The maximum atomic E-state index is 11.7. The Morgan fingerprint density at radius 2 is 1.91 bits per heavy atom. The van der Waals surface area contributed by atoms with Crippen LogP contribution < -0.4 is 14.9 Å². The molecule has 1 aromatic heterocycles. The second-order valence-corrected chi connectivity index (χ2v) is 4.38. The second kappa shape index (κ2) is 6.66. The molecule has 0 unspecified atom stereocenters. The van der Waals surface area contributed by atoms with Gasteiger partial charge < -0.3 is 19.0 Å². The number of benzene rings is 1. The number of phenolic OH excluding ortho intramolecular Hbond substituents is 1. The van der Waals surface area contributed by atoms with E-state index in [0.717, 1.165) is 0 Å². The molecule has 2 rings (SSSR count). The molecule has 1 amide bonds. The minimum absolute atomic E-state index is 0.0998. The molecule has 0 saturated carbocycles. The molecule has 0 aliphatic heterocycles. The van der Waals surface area contributed by atoms with Crippen molar-refractivity contribution in [3.8, 4) is 17.2 Å². The number of methoxy groups -OCH3 is 2. The molecule has 0 bridgehead atoms. The Morgan fingerprint density at radius 3 is 2.41 bits per heavy atom. The first-order valence-corrected chi connectivity index (χ1v) is 6.40. The van der Waals surface area contributed by atoms with Crippen LogP contribution in [0.5, 0.6) is 17.2 Å². The predicted octanol–water partition coefficient (Wildman–Crippen LogP) is 2.07.